The number of amides is 1. The highest BCUT2D eigenvalue weighted by atomic mass is 79.9. The van der Waals surface area contributed by atoms with E-state index >= 15 is 0 Å². The number of anilines is 1. The molecule has 2 N–H and O–H groups in total. The molecule has 0 unspecified atom stereocenters. The first-order valence-corrected chi connectivity index (χ1v) is 10.9. The Labute approximate surface area is 201 Å². The summed E-state index contributed by atoms with van der Waals surface area (Å²) in [4.78, 5) is 12.6. The molecule has 0 atom stereocenters. The Hall–Kier alpha value is -2.79. The summed E-state index contributed by atoms with van der Waals surface area (Å²) in [5.74, 6) is -0.00761. The van der Waals surface area contributed by atoms with Gasteiger partial charge in [-0.25, -0.2) is 0 Å². The molecule has 0 saturated carbocycles. The summed E-state index contributed by atoms with van der Waals surface area (Å²) < 4.78 is 7.40. The Morgan fingerprint density at radius 1 is 1.13 bits per heavy atom. The van der Waals surface area contributed by atoms with Gasteiger partial charge in [0.15, 0.2) is 0 Å². The Bertz CT molecular complexity index is 1170. The zero-order valence-corrected chi connectivity index (χ0v) is 19.8. The number of phenols is 1. The van der Waals surface area contributed by atoms with E-state index in [9.17, 15) is 15.2 Å². The molecular formula is C23H15Br2ClN2O3. The van der Waals surface area contributed by atoms with E-state index in [0.29, 0.717) is 26.5 Å². The van der Waals surface area contributed by atoms with Crippen LogP contribution < -0.4 is 10.1 Å². The van der Waals surface area contributed by atoms with Crippen LogP contribution in [0.25, 0.3) is 6.08 Å². The molecule has 0 fully saturated rings. The Balaban J connectivity index is 1.87. The van der Waals surface area contributed by atoms with Crippen molar-refractivity contribution in [2.75, 3.05) is 5.32 Å². The number of nitriles is 1. The zero-order valence-electron chi connectivity index (χ0n) is 15.9. The van der Waals surface area contributed by atoms with Gasteiger partial charge in [0.05, 0.1) is 4.47 Å². The predicted octanol–water partition coefficient (Wildman–Crippen LogP) is 6.70. The van der Waals surface area contributed by atoms with Crippen LogP contribution in [0, 0.1) is 11.3 Å². The highest BCUT2D eigenvalue weighted by molar-refractivity contribution is 9.11. The Morgan fingerprint density at radius 3 is 2.45 bits per heavy atom. The smallest absolute Gasteiger partial charge is 0.266 e. The third-order valence-electron chi connectivity index (χ3n) is 4.12. The number of carbonyl (C=O) groups is 1. The van der Waals surface area contributed by atoms with Gasteiger partial charge in [0.1, 0.15) is 29.7 Å². The van der Waals surface area contributed by atoms with Crippen molar-refractivity contribution in [3.8, 4) is 17.6 Å². The van der Waals surface area contributed by atoms with E-state index in [2.05, 4.69) is 37.2 Å². The molecule has 3 rings (SSSR count). The summed E-state index contributed by atoms with van der Waals surface area (Å²) in [5.41, 5.74) is 1.82. The Kier molecular flexibility index (Phi) is 7.75. The second-order valence-electron chi connectivity index (χ2n) is 6.39. The third kappa shape index (κ3) is 6.34. The van der Waals surface area contributed by atoms with Gasteiger partial charge < -0.3 is 15.2 Å². The molecule has 0 heterocycles. The number of nitrogens with one attached hydrogen (secondary N) is 1. The molecule has 0 aliphatic heterocycles. The number of phenolic OH excluding ortho intramolecular Hbond substituents is 1. The van der Waals surface area contributed by atoms with E-state index < -0.39 is 5.91 Å². The van der Waals surface area contributed by atoms with Crippen LogP contribution >= 0.6 is 43.5 Å². The van der Waals surface area contributed by atoms with Gasteiger partial charge in [0.25, 0.3) is 5.91 Å². The maximum Gasteiger partial charge on any atom is 0.266 e. The van der Waals surface area contributed by atoms with Crippen molar-refractivity contribution >= 4 is 61.1 Å². The lowest BCUT2D eigenvalue weighted by molar-refractivity contribution is -0.112. The van der Waals surface area contributed by atoms with E-state index in [1.165, 1.54) is 18.2 Å². The minimum absolute atomic E-state index is 0.0792. The van der Waals surface area contributed by atoms with Crippen LogP contribution in [0.15, 0.2) is 75.2 Å². The summed E-state index contributed by atoms with van der Waals surface area (Å²) >= 11 is 12.8. The molecule has 31 heavy (non-hydrogen) atoms. The second-order valence-corrected chi connectivity index (χ2v) is 8.60. The van der Waals surface area contributed by atoms with Crippen LogP contribution in [0.3, 0.4) is 0 Å². The van der Waals surface area contributed by atoms with Gasteiger partial charge in [-0.3, -0.25) is 4.79 Å². The molecule has 0 radical (unpaired) electrons. The number of ether oxygens (including phenoxy) is 1. The minimum Gasteiger partial charge on any atom is -0.508 e. The number of benzene rings is 3. The molecular weight excluding hydrogens is 548 g/mol. The van der Waals surface area contributed by atoms with Gasteiger partial charge in [-0.2, -0.15) is 5.26 Å². The molecule has 0 saturated heterocycles. The van der Waals surface area contributed by atoms with Gasteiger partial charge in [0.2, 0.25) is 0 Å². The fourth-order valence-electron chi connectivity index (χ4n) is 2.62. The van der Waals surface area contributed by atoms with Crippen LogP contribution in [-0.2, 0) is 11.4 Å². The van der Waals surface area contributed by atoms with Gasteiger partial charge >= 0.3 is 0 Å². The second kappa shape index (κ2) is 10.5. The van der Waals surface area contributed by atoms with Crippen molar-refractivity contribution in [1.82, 2.24) is 0 Å². The van der Waals surface area contributed by atoms with Crippen LogP contribution in [0.2, 0.25) is 5.02 Å². The first-order valence-electron chi connectivity index (χ1n) is 8.94. The lowest BCUT2D eigenvalue weighted by Gasteiger charge is -2.13. The quantitative estimate of drug-likeness (QED) is 0.199. The predicted molar refractivity (Wildman–Crippen MR) is 128 cm³/mol. The largest absolute Gasteiger partial charge is 0.508 e. The van der Waals surface area contributed by atoms with Gasteiger partial charge in [-0.1, -0.05) is 39.7 Å². The fourth-order valence-corrected chi connectivity index (χ4v) is 4.12. The molecule has 0 bridgehead atoms. The summed E-state index contributed by atoms with van der Waals surface area (Å²) in [6, 6.07) is 18.7. The standard InChI is InChI=1S/C23H15Br2ClN2O3/c24-17-10-15(9-16(12-27)23(30)28-19-5-7-20(29)8-6-19)22(21(25)11-17)31-13-14-1-3-18(26)4-2-14/h1-11,29H,13H2,(H,28,30)/b16-9+. The van der Waals surface area contributed by atoms with Crippen LogP contribution in [0.4, 0.5) is 5.69 Å². The van der Waals surface area contributed by atoms with Crippen molar-refractivity contribution in [2.45, 2.75) is 6.61 Å². The summed E-state index contributed by atoms with van der Waals surface area (Å²) in [6.45, 7) is 0.278. The molecule has 156 valence electrons. The minimum atomic E-state index is -0.576. The number of hydrogen-bond donors (Lipinski definition) is 2. The molecule has 1 amide bonds. The van der Waals surface area contributed by atoms with Crippen molar-refractivity contribution < 1.29 is 14.6 Å². The lowest BCUT2D eigenvalue weighted by atomic mass is 10.1. The van der Waals surface area contributed by atoms with Crippen LogP contribution in [0.1, 0.15) is 11.1 Å². The molecule has 0 aliphatic rings. The lowest BCUT2D eigenvalue weighted by Crippen LogP contribution is -2.13. The first-order chi connectivity index (χ1) is 14.9. The number of rotatable bonds is 6. The molecule has 8 heteroatoms. The molecule has 0 aliphatic carbocycles. The Morgan fingerprint density at radius 2 is 1.81 bits per heavy atom. The molecule has 3 aromatic carbocycles. The number of carbonyl (C=O) groups excluding carboxylic acids is 1. The van der Waals surface area contributed by atoms with Crippen LogP contribution in [-0.4, -0.2) is 11.0 Å². The maximum atomic E-state index is 12.6. The van der Waals surface area contributed by atoms with Crippen molar-refractivity contribution in [1.29, 1.82) is 5.26 Å². The molecule has 3 aromatic rings. The van der Waals surface area contributed by atoms with Gasteiger partial charge in [-0.05, 0) is 76.1 Å². The topological polar surface area (TPSA) is 82.3 Å². The van der Waals surface area contributed by atoms with Gasteiger partial charge in [-0.15, -0.1) is 0 Å². The van der Waals surface area contributed by atoms with Gasteiger partial charge in [0, 0.05) is 20.7 Å². The number of aromatic hydroxyl groups is 1. The third-order valence-corrected chi connectivity index (χ3v) is 5.42. The fraction of sp³-hybridized carbons (Fsp3) is 0.0435. The molecule has 0 spiro atoms. The van der Waals surface area contributed by atoms with E-state index in [4.69, 9.17) is 16.3 Å². The summed E-state index contributed by atoms with van der Waals surface area (Å²) in [5, 5.41) is 22.2. The van der Waals surface area contributed by atoms with E-state index in [-0.39, 0.29) is 17.9 Å². The van der Waals surface area contributed by atoms with Crippen molar-refractivity contribution in [3.05, 3.63) is 91.3 Å². The summed E-state index contributed by atoms with van der Waals surface area (Å²) in [7, 11) is 0. The van der Waals surface area contributed by atoms with Crippen LogP contribution in [0.5, 0.6) is 11.5 Å². The highest BCUT2D eigenvalue weighted by Gasteiger charge is 2.14. The molecule has 0 aromatic heterocycles. The highest BCUT2D eigenvalue weighted by Crippen LogP contribution is 2.35. The normalized spacial score (nSPS) is 11.0. The maximum absolute atomic E-state index is 12.6. The van der Waals surface area contributed by atoms with E-state index in [1.54, 1.807) is 30.3 Å². The number of nitrogens with zero attached hydrogens (tertiary/aromatic N) is 1. The average molecular weight is 563 g/mol. The monoisotopic (exact) mass is 560 g/mol. The van der Waals surface area contributed by atoms with E-state index in [0.717, 1.165) is 10.0 Å². The molecule has 5 nitrogen and oxygen atoms in total. The average Bonchev–Trinajstić information content (AvgIpc) is 2.74. The number of halogens is 3. The zero-order chi connectivity index (χ0) is 22.4. The SMILES string of the molecule is N#C/C(=C\c1cc(Br)cc(Br)c1OCc1ccc(Cl)cc1)C(=O)Nc1ccc(O)cc1. The van der Waals surface area contributed by atoms with E-state index in [1.807, 2.05) is 24.3 Å². The first kappa shape index (κ1) is 22.9. The van der Waals surface area contributed by atoms with Crippen molar-refractivity contribution in [2.24, 2.45) is 0 Å². The summed E-state index contributed by atoms with van der Waals surface area (Å²) in [6.07, 6.45) is 1.46. The number of hydrogen-bond acceptors (Lipinski definition) is 4. The van der Waals surface area contributed by atoms with Crippen molar-refractivity contribution in [3.63, 3.8) is 0 Å².